The summed E-state index contributed by atoms with van der Waals surface area (Å²) in [6.45, 7) is 0. The van der Waals surface area contributed by atoms with Crippen molar-refractivity contribution in [3.8, 4) is 11.3 Å². The minimum absolute atomic E-state index is 0.0622. The minimum atomic E-state index is 0.0622. The molecule has 1 aliphatic carbocycles. The van der Waals surface area contributed by atoms with Crippen LogP contribution in [0.1, 0.15) is 37.7 Å². The molecule has 2 fully saturated rings. The fourth-order valence-corrected chi connectivity index (χ4v) is 6.18. The normalized spacial score (nSPS) is 19.4. The minimum Gasteiger partial charge on any atom is -0.378 e. The molecule has 2 aliphatic rings. The van der Waals surface area contributed by atoms with Gasteiger partial charge in [-0.15, -0.1) is 11.3 Å². The lowest BCUT2D eigenvalue weighted by Crippen LogP contribution is -2.40. The molecule has 174 valence electrons. The van der Waals surface area contributed by atoms with Gasteiger partial charge in [-0.2, -0.15) is 4.99 Å². The molecule has 5 rings (SSSR count). The monoisotopic (exact) mass is 488 g/mol. The van der Waals surface area contributed by atoms with Crippen molar-refractivity contribution < 1.29 is 4.79 Å². The van der Waals surface area contributed by atoms with Crippen LogP contribution in [0.5, 0.6) is 0 Å². The molecular weight excluding hydrogens is 460 g/mol. The molecule has 0 bridgehead atoms. The van der Waals surface area contributed by atoms with E-state index in [1.807, 2.05) is 48.7 Å². The molecule has 2 heterocycles. The summed E-state index contributed by atoms with van der Waals surface area (Å²) in [6, 6.07) is 18.6. The van der Waals surface area contributed by atoms with Crippen molar-refractivity contribution in [3.05, 3.63) is 70.4 Å². The van der Waals surface area contributed by atoms with Gasteiger partial charge in [0, 0.05) is 36.8 Å². The Morgan fingerprint density at radius 3 is 2.47 bits per heavy atom. The van der Waals surface area contributed by atoms with Gasteiger partial charge < -0.3 is 4.90 Å². The Morgan fingerprint density at radius 1 is 1.03 bits per heavy atom. The van der Waals surface area contributed by atoms with E-state index in [9.17, 15) is 4.79 Å². The summed E-state index contributed by atoms with van der Waals surface area (Å²) in [6.07, 6.45) is 7.61. The summed E-state index contributed by atoms with van der Waals surface area (Å²) in [5.74, 6) is 0.0622. The Labute approximate surface area is 209 Å². The maximum atomic E-state index is 13.5. The van der Waals surface area contributed by atoms with Crippen LogP contribution in [0.3, 0.4) is 0 Å². The second kappa shape index (κ2) is 10.2. The van der Waals surface area contributed by atoms with E-state index in [0.717, 1.165) is 58.3 Å². The number of amides is 1. The number of anilines is 1. The average Bonchev–Trinajstić information content (AvgIpc) is 3.45. The van der Waals surface area contributed by atoms with E-state index in [-0.39, 0.29) is 11.9 Å². The van der Waals surface area contributed by atoms with Crippen molar-refractivity contribution in [3.63, 3.8) is 0 Å². The Bertz CT molecular complexity index is 1210. The number of carbonyl (C=O) groups is 1. The third-order valence-electron chi connectivity index (χ3n) is 6.24. The lowest BCUT2D eigenvalue weighted by Gasteiger charge is -2.30. The van der Waals surface area contributed by atoms with Crippen LogP contribution in [0.15, 0.2) is 69.9 Å². The van der Waals surface area contributed by atoms with Gasteiger partial charge in [-0.3, -0.25) is 9.69 Å². The van der Waals surface area contributed by atoms with Gasteiger partial charge in [0.1, 0.15) is 0 Å². The number of amidine groups is 1. The highest BCUT2D eigenvalue weighted by atomic mass is 32.2. The van der Waals surface area contributed by atoms with Crippen LogP contribution >= 0.6 is 23.1 Å². The SMILES string of the molecule is CN(C)c1ccc(/C=C2\S/C(=N/c3nc(-c4ccccc4)cs3)N(C3CCCCC3)C2=O)cc1. The van der Waals surface area contributed by atoms with E-state index >= 15 is 0 Å². The summed E-state index contributed by atoms with van der Waals surface area (Å²) < 4.78 is 0. The van der Waals surface area contributed by atoms with Gasteiger partial charge in [0.2, 0.25) is 5.13 Å². The van der Waals surface area contributed by atoms with Crippen LogP contribution in [0.2, 0.25) is 0 Å². The Kier molecular flexibility index (Phi) is 6.83. The predicted molar refractivity (Wildman–Crippen MR) is 145 cm³/mol. The van der Waals surface area contributed by atoms with Gasteiger partial charge in [0.15, 0.2) is 5.17 Å². The molecule has 34 heavy (non-hydrogen) atoms. The fraction of sp³-hybridized carbons (Fsp3) is 0.296. The molecule has 1 saturated heterocycles. The van der Waals surface area contributed by atoms with Crippen LogP contribution < -0.4 is 4.90 Å². The van der Waals surface area contributed by atoms with Crippen molar-refractivity contribution in [2.75, 3.05) is 19.0 Å². The lowest BCUT2D eigenvalue weighted by molar-refractivity contribution is -0.124. The number of aliphatic imine (C=N–C) groups is 1. The van der Waals surface area contributed by atoms with Crippen molar-refractivity contribution >= 4 is 51.1 Å². The Hall–Kier alpha value is -2.90. The third kappa shape index (κ3) is 4.95. The first-order chi connectivity index (χ1) is 16.6. The van der Waals surface area contributed by atoms with Gasteiger partial charge in [-0.1, -0.05) is 61.7 Å². The highest BCUT2D eigenvalue weighted by Crippen LogP contribution is 2.39. The predicted octanol–water partition coefficient (Wildman–Crippen LogP) is 6.81. The molecule has 0 spiro atoms. The average molecular weight is 489 g/mol. The smallest absolute Gasteiger partial charge is 0.267 e. The number of hydrogen-bond donors (Lipinski definition) is 0. The van der Waals surface area contributed by atoms with Crippen molar-refractivity contribution in [2.45, 2.75) is 38.1 Å². The largest absolute Gasteiger partial charge is 0.378 e. The van der Waals surface area contributed by atoms with Crippen molar-refractivity contribution in [1.29, 1.82) is 0 Å². The second-order valence-electron chi connectivity index (χ2n) is 8.84. The molecule has 7 heteroatoms. The number of thiazole rings is 1. The fourth-order valence-electron chi connectivity index (χ4n) is 4.38. The van der Waals surface area contributed by atoms with Crippen LogP contribution in [-0.4, -0.2) is 41.1 Å². The number of nitrogens with zero attached hydrogens (tertiary/aromatic N) is 4. The van der Waals surface area contributed by atoms with Gasteiger partial charge >= 0.3 is 0 Å². The van der Waals surface area contributed by atoms with Gasteiger partial charge in [0.05, 0.1) is 10.6 Å². The summed E-state index contributed by atoms with van der Waals surface area (Å²) in [5, 5.41) is 3.47. The molecule has 1 amide bonds. The summed E-state index contributed by atoms with van der Waals surface area (Å²) in [4.78, 5) is 27.9. The number of thioether (sulfide) groups is 1. The zero-order valence-electron chi connectivity index (χ0n) is 19.5. The molecule has 1 aromatic heterocycles. The van der Waals surface area contributed by atoms with Crippen LogP contribution in [0.25, 0.3) is 17.3 Å². The molecule has 0 N–H and O–H groups in total. The van der Waals surface area contributed by atoms with Gasteiger partial charge in [-0.05, 0) is 48.4 Å². The number of rotatable bonds is 5. The maximum absolute atomic E-state index is 13.5. The first-order valence-corrected chi connectivity index (χ1v) is 13.4. The standard InChI is InChI=1S/C27H28N4OS2/c1-30(2)21-15-13-19(14-16-21)17-24-25(32)31(22-11-7-4-8-12-22)27(34-24)29-26-28-23(18-33-26)20-9-5-3-6-10-20/h3,5-6,9-10,13-18,22H,4,7-8,11-12H2,1-2H3/b24-17-,29-27+. The summed E-state index contributed by atoms with van der Waals surface area (Å²) in [7, 11) is 4.05. The van der Waals surface area contributed by atoms with E-state index in [4.69, 9.17) is 9.98 Å². The third-order valence-corrected chi connectivity index (χ3v) is 7.95. The van der Waals surface area contributed by atoms with Crippen LogP contribution in [-0.2, 0) is 4.79 Å². The second-order valence-corrected chi connectivity index (χ2v) is 10.7. The number of hydrogen-bond acceptors (Lipinski definition) is 6. The summed E-state index contributed by atoms with van der Waals surface area (Å²) >= 11 is 2.99. The quantitative estimate of drug-likeness (QED) is 0.370. The lowest BCUT2D eigenvalue weighted by atomic mass is 9.94. The van der Waals surface area contributed by atoms with Crippen molar-refractivity contribution in [1.82, 2.24) is 9.88 Å². The van der Waals surface area contributed by atoms with E-state index in [1.54, 1.807) is 0 Å². The van der Waals surface area contributed by atoms with Gasteiger partial charge in [0.25, 0.3) is 5.91 Å². The highest BCUT2D eigenvalue weighted by Gasteiger charge is 2.38. The molecule has 0 atom stereocenters. The van der Waals surface area contributed by atoms with Gasteiger partial charge in [-0.25, -0.2) is 4.98 Å². The Morgan fingerprint density at radius 2 is 1.76 bits per heavy atom. The first-order valence-electron chi connectivity index (χ1n) is 11.7. The molecule has 0 radical (unpaired) electrons. The molecule has 1 saturated carbocycles. The molecule has 0 unspecified atom stereocenters. The van der Waals surface area contributed by atoms with E-state index in [1.165, 1.54) is 29.5 Å². The highest BCUT2D eigenvalue weighted by molar-refractivity contribution is 8.18. The van der Waals surface area contributed by atoms with E-state index < -0.39 is 0 Å². The molecule has 1 aliphatic heterocycles. The zero-order chi connectivity index (χ0) is 23.5. The number of carbonyl (C=O) groups excluding carboxylic acids is 1. The molecule has 2 aromatic carbocycles. The maximum Gasteiger partial charge on any atom is 0.267 e. The topological polar surface area (TPSA) is 48.8 Å². The van der Waals surface area contributed by atoms with Crippen LogP contribution in [0, 0.1) is 0 Å². The number of aromatic nitrogens is 1. The van der Waals surface area contributed by atoms with E-state index in [2.05, 4.69) is 41.3 Å². The van der Waals surface area contributed by atoms with E-state index in [0.29, 0.717) is 5.13 Å². The zero-order valence-corrected chi connectivity index (χ0v) is 21.1. The first kappa shape index (κ1) is 22.9. The Balaban J connectivity index is 1.46. The number of benzene rings is 2. The summed E-state index contributed by atoms with van der Waals surface area (Å²) in [5.41, 5.74) is 4.15. The molecule has 5 nitrogen and oxygen atoms in total. The van der Waals surface area contributed by atoms with Crippen molar-refractivity contribution in [2.24, 2.45) is 4.99 Å². The molecular formula is C27H28N4OS2. The molecule has 3 aromatic rings. The van der Waals surface area contributed by atoms with Crippen LogP contribution in [0.4, 0.5) is 10.8 Å².